The van der Waals surface area contributed by atoms with Crippen LogP contribution in [-0.2, 0) is 6.61 Å². The molecule has 128 valence electrons. The second-order valence-electron chi connectivity index (χ2n) is 5.65. The van der Waals surface area contributed by atoms with Crippen LogP contribution in [0.5, 0.6) is 5.75 Å². The number of nitrogens with zero attached hydrogens (tertiary/aromatic N) is 3. The molecule has 0 spiro atoms. The van der Waals surface area contributed by atoms with Crippen LogP contribution in [-0.4, -0.2) is 65.1 Å². The van der Waals surface area contributed by atoms with Crippen LogP contribution in [0, 0.1) is 0 Å². The molecule has 0 radical (unpaired) electrons. The van der Waals surface area contributed by atoms with E-state index in [1.165, 1.54) is 0 Å². The van der Waals surface area contributed by atoms with Crippen molar-refractivity contribution < 1.29 is 14.6 Å². The van der Waals surface area contributed by atoms with Gasteiger partial charge in [-0.25, -0.2) is 4.98 Å². The Kier molecular flexibility index (Phi) is 5.79. The van der Waals surface area contributed by atoms with Crippen molar-refractivity contribution in [2.75, 3.05) is 39.3 Å². The van der Waals surface area contributed by atoms with E-state index in [2.05, 4.69) is 9.88 Å². The number of β-amino-alcohol motifs (C(OH)–C–C–N with tert-alkyl or cyclic N) is 1. The van der Waals surface area contributed by atoms with Gasteiger partial charge in [0.25, 0.3) is 5.91 Å². The molecular weight excluding hydrogens is 326 g/mol. The van der Waals surface area contributed by atoms with Gasteiger partial charge in [-0.2, -0.15) is 0 Å². The number of aliphatic hydroxyl groups is 1. The summed E-state index contributed by atoms with van der Waals surface area (Å²) in [6.45, 7) is 4.27. The van der Waals surface area contributed by atoms with Crippen LogP contribution in [0.1, 0.15) is 16.1 Å². The fraction of sp³-hybridized carbons (Fsp3) is 0.412. The molecule has 2 heterocycles. The van der Waals surface area contributed by atoms with Gasteiger partial charge in [0, 0.05) is 43.7 Å². The van der Waals surface area contributed by atoms with Crippen molar-refractivity contribution in [1.29, 1.82) is 0 Å². The normalized spacial score (nSPS) is 15.5. The van der Waals surface area contributed by atoms with Crippen LogP contribution in [0.3, 0.4) is 0 Å². The lowest BCUT2D eigenvalue weighted by molar-refractivity contribution is 0.0615. The molecule has 2 aromatic rings. The zero-order valence-electron chi connectivity index (χ0n) is 13.4. The summed E-state index contributed by atoms with van der Waals surface area (Å²) in [6.07, 6.45) is 0. The van der Waals surface area contributed by atoms with Gasteiger partial charge in [-0.3, -0.25) is 9.69 Å². The fourth-order valence-electron chi connectivity index (χ4n) is 2.66. The van der Waals surface area contributed by atoms with Crippen molar-refractivity contribution in [2.45, 2.75) is 6.61 Å². The molecule has 1 fully saturated rings. The number of carbonyl (C=O) groups is 1. The highest BCUT2D eigenvalue weighted by Crippen LogP contribution is 2.16. The quantitative estimate of drug-likeness (QED) is 0.857. The Morgan fingerprint density at radius 1 is 1.21 bits per heavy atom. The van der Waals surface area contributed by atoms with Crippen molar-refractivity contribution in [3.05, 3.63) is 46.4 Å². The first-order valence-corrected chi connectivity index (χ1v) is 8.93. The number of ether oxygens (including phenoxy) is 1. The lowest BCUT2D eigenvalue weighted by atomic mass is 10.1. The van der Waals surface area contributed by atoms with Crippen LogP contribution in [0.4, 0.5) is 0 Å². The SMILES string of the molecule is O=C(c1ccc(OCc2cscn2)cc1)N1CCN(CCO)CC1. The Hall–Kier alpha value is -1.96. The van der Waals surface area contributed by atoms with Crippen LogP contribution in [0.25, 0.3) is 0 Å². The van der Waals surface area contributed by atoms with Crippen LogP contribution < -0.4 is 4.74 Å². The van der Waals surface area contributed by atoms with Gasteiger partial charge in [-0.15, -0.1) is 11.3 Å². The largest absolute Gasteiger partial charge is 0.487 e. The van der Waals surface area contributed by atoms with E-state index in [1.807, 2.05) is 22.4 Å². The molecule has 0 aliphatic carbocycles. The maximum absolute atomic E-state index is 12.5. The van der Waals surface area contributed by atoms with E-state index in [0.29, 0.717) is 31.8 Å². The highest BCUT2D eigenvalue weighted by molar-refractivity contribution is 7.07. The lowest BCUT2D eigenvalue weighted by Crippen LogP contribution is -2.49. The summed E-state index contributed by atoms with van der Waals surface area (Å²) in [5.41, 5.74) is 3.35. The second kappa shape index (κ2) is 8.23. The summed E-state index contributed by atoms with van der Waals surface area (Å²) in [6, 6.07) is 7.25. The molecule has 0 bridgehead atoms. The number of aromatic nitrogens is 1. The summed E-state index contributed by atoms with van der Waals surface area (Å²) in [7, 11) is 0. The summed E-state index contributed by atoms with van der Waals surface area (Å²) in [5, 5.41) is 10.9. The minimum atomic E-state index is 0.0460. The summed E-state index contributed by atoms with van der Waals surface area (Å²) >= 11 is 1.54. The van der Waals surface area contributed by atoms with Crippen molar-refractivity contribution in [1.82, 2.24) is 14.8 Å². The number of benzene rings is 1. The highest BCUT2D eigenvalue weighted by Gasteiger charge is 2.21. The summed E-state index contributed by atoms with van der Waals surface area (Å²) in [4.78, 5) is 20.7. The molecule has 0 saturated carbocycles. The maximum Gasteiger partial charge on any atom is 0.253 e. The van der Waals surface area contributed by atoms with E-state index < -0.39 is 0 Å². The van der Waals surface area contributed by atoms with Crippen LogP contribution in [0.15, 0.2) is 35.2 Å². The van der Waals surface area contributed by atoms with Crippen LogP contribution >= 0.6 is 11.3 Å². The molecular formula is C17H21N3O3S. The van der Waals surface area contributed by atoms with E-state index in [-0.39, 0.29) is 12.5 Å². The molecule has 1 aliphatic heterocycles. The third kappa shape index (κ3) is 4.31. The molecule has 1 amide bonds. The molecule has 1 aliphatic rings. The Morgan fingerprint density at radius 2 is 1.96 bits per heavy atom. The predicted octanol–water partition coefficient (Wildman–Crippen LogP) is 1.47. The van der Waals surface area contributed by atoms with Gasteiger partial charge >= 0.3 is 0 Å². The van der Waals surface area contributed by atoms with Gasteiger partial charge in [0.1, 0.15) is 12.4 Å². The Bertz CT molecular complexity index is 638. The van der Waals surface area contributed by atoms with Gasteiger partial charge in [0.2, 0.25) is 0 Å². The van der Waals surface area contributed by atoms with Gasteiger partial charge < -0.3 is 14.7 Å². The Balaban J connectivity index is 1.52. The number of thiazole rings is 1. The molecule has 1 aromatic carbocycles. The molecule has 6 nitrogen and oxygen atoms in total. The predicted molar refractivity (Wildman–Crippen MR) is 92.3 cm³/mol. The van der Waals surface area contributed by atoms with Gasteiger partial charge in [0.15, 0.2) is 0 Å². The zero-order valence-corrected chi connectivity index (χ0v) is 14.2. The maximum atomic E-state index is 12.5. The Morgan fingerprint density at radius 3 is 2.58 bits per heavy atom. The van der Waals surface area contributed by atoms with Gasteiger partial charge in [-0.05, 0) is 24.3 Å². The lowest BCUT2D eigenvalue weighted by Gasteiger charge is -2.34. The van der Waals surface area contributed by atoms with E-state index in [0.717, 1.165) is 24.5 Å². The third-order valence-electron chi connectivity index (χ3n) is 4.05. The number of hydrogen-bond donors (Lipinski definition) is 1. The molecule has 1 saturated heterocycles. The van der Waals surface area contributed by atoms with E-state index in [1.54, 1.807) is 29.0 Å². The number of rotatable bonds is 6. The minimum Gasteiger partial charge on any atom is -0.487 e. The third-order valence-corrected chi connectivity index (χ3v) is 4.68. The monoisotopic (exact) mass is 347 g/mol. The highest BCUT2D eigenvalue weighted by atomic mass is 32.1. The number of piperazine rings is 1. The van der Waals surface area contributed by atoms with Crippen molar-refractivity contribution in [3.63, 3.8) is 0 Å². The second-order valence-corrected chi connectivity index (χ2v) is 6.37. The Labute approximate surface area is 145 Å². The smallest absolute Gasteiger partial charge is 0.253 e. The molecule has 1 N–H and O–H groups in total. The molecule has 7 heteroatoms. The minimum absolute atomic E-state index is 0.0460. The molecule has 0 unspecified atom stereocenters. The topological polar surface area (TPSA) is 65.9 Å². The van der Waals surface area contributed by atoms with Crippen molar-refractivity contribution in [3.8, 4) is 5.75 Å². The van der Waals surface area contributed by atoms with Gasteiger partial charge in [0.05, 0.1) is 17.8 Å². The summed E-state index contributed by atoms with van der Waals surface area (Å²) < 4.78 is 5.66. The summed E-state index contributed by atoms with van der Waals surface area (Å²) in [5.74, 6) is 0.775. The first kappa shape index (κ1) is 16.9. The number of carbonyl (C=O) groups excluding carboxylic acids is 1. The van der Waals surface area contributed by atoms with Crippen molar-refractivity contribution >= 4 is 17.2 Å². The number of amides is 1. The molecule has 3 rings (SSSR count). The first-order chi connectivity index (χ1) is 11.8. The average Bonchev–Trinajstić information content (AvgIpc) is 3.14. The van der Waals surface area contributed by atoms with E-state index >= 15 is 0 Å². The van der Waals surface area contributed by atoms with Crippen molar-refractivity contribution in [2.24, 2.45) is 0 Å². The van der Waals surface area contributed by atoms with E-state index in [9.17, 15) is 4.79 Å². The molecule has 24 heavy (non-hydrogen) atoms. The first-order valence-electron chi connectivity index (χ1n) is 7.98. The van der Waals surface area contributed by atoms with Crippen LogP contribution in [0.2, 0.25) is 0 Å². The standard InChI is InChI=1S/C17H21N3O3S/c21-10-9-19-5-7-20(8-6-19)17(22)14-1-3-16(4-2-14)23-11-15-12-24-13-18-15/h1-4,12-13,21H,5-11H2. The van der Waals surface area contributed by atoms with E-state index in [4.69, 9.17) is 9.84 Å². The molecule has 0 atom stereocenters. The fourth-order valence-corrected chi connectivity index (χ4v) is 3.20. The van der Waals surface area contributed by atoms with Gasteiger partial charge in [-0.1, -0.05) is 0 Å². The number of aliphatic hydroxyl groups excluding tert-OH is 1. The zero-order chi connectivity index (χ0) is 16.8. The average molecular weight is 347 g/mol. The molecule has 1 aromatic heterocycles. The number of hydrogen-bond acceptors (Lipinski definition) is 6.